The lowest BCUT2D eigenvalue weighted by Crippen LogP contribution is -2.34. The van der Waals surface area contributed by atoms with Crippen molar-refractivity contribution in [1.82, 2.24) is 4.31 Å². The zero-order valence-corrected chi connectivity index (χ0v) is 15.4. The summed E-state index contributed by atoms with van der Waals surface area (Å²) in [6, 6.07) is 5.91. The molecule has 140 valence electrons. The highest BCUT2D eigenvalue weighted by Gasteiger charge is 2.43. The van der Waals surface area contributed by atoms with Crippen molar-refractivity contribution in [2.45, 2.75) is 30.3 Å². The molecule has 0 amide bonds. The van der Waals surface area contributed by atoms with Crippen molar-refractivity contribution in [3.05, 3.63) is 63.4 Å². The molecule has 10 heteroatoms. The van der Waals surface area contributed by atoms with E-state index in [2.05, 4.69) is 15.9 Å². The van der Waals surface area contributed by atoms with Crippen LogP contribution in [0.2, 0.25) is 0 Å². The van der Waals surface area contributed by atoms with Crippen molar-refractivity contribution < 1.29 is 30.4 Å². The Morgan fingerprint density at radius 3 is 1.81 bits per heavy atom. The predicted molar refractivity (Wildman–Crippen MR) is 86.1 cm³/mol. The molecule has 0 aliphatic heterocycles. The van der Waals surface area contributed by atoms with E-state index >= 15 is 0 Å². The van der Waals surface area contributed by atoms with Gasteiger partial charge in [0.15, 0.2) is 28.2 Å². The minimum absolute atomic E-state index is 0.250. The van der Waals surface area contributed by atoms with Crippen LogP contribution < -0.4 is 0 Å². The Labute approximate surface area is 154 Å². The third kappa shape index (κ3) is 3.37. The molecule has 1 aliphatic carbocycles. The van der Waals surface area contributed by atoms with E-state index in [1.807, 2.05) is 0 Å². The van der Waals surface area contributed by atoms with E-state index in [4.69, 9.17) is 0 Å². The van der Waals surface area contributed by atoms with Crippen molar-refractivity contribution in [2.24, 2.45) is 0 Å². The average Bonchev–Trinajstić information content (AvgIpc) is 3.42. The molecule has 0 atom stereocenters. The summed E-state index contributed by atoms with van der Waals surface area (Å²) in [6.07, 6.45) is 0.871. The van der Waals surface area contributed by atoms with Crippen molar-refractivity contribution >= 4 is 26.0 Å². The molecule has 0 radical (unpaired) electrons. The Hall–Kier alpha value is -1.52. The molecule has 0 aromatic heterocycles. The first kappa shape index (κ1) is 19.2. The Balaban J connectivity index is 2.09. The van der Waals surface area contributed by atoms with Crippen LogP contribution in [0.5, 0.6) is 0 Å². The summed E-state index contributed by atoms with van der Waals surface area (Å²) in [6.45, 7) is -0.250. The second kappa shape index (κ2) is 6.90. The summed E-state index contributed by atoms with van der Waals surface area (Å²) >= 11 is 3.22. The lowest BCUT2D eigenvalue weighted by molar-refractivity contribution is 0.346. The molecule has 0 heterocycles. The molecule has 2 aromatic carbocycles. The van der Waals surface area contributed by atoms with Gasteiger partial charge in [-0.3, -0.25) is 0 Å². The number of halogens is 6. The monoisotopic (exact) mass is 455 g/mol. The molecule has 1 fully saturated rings. The lowest BCUT2D eigenvalue weighted by atomic mass is 10.2. The van der Waals surface area contributed by atoms with Crippen LogP contribution in [0.1, 0.15) is 18.4 Å². The van der Waals surface area contributed by atoms with Crippen LogP contribution in [0.25, 0.3) is 0 Å². The highest BCUT2D eigenvalue weighted by Crippen LogP contribution is 2.36. The molecule has 26 heavy (non-hydrogen) atoms. The maximum absolute atomic E-state index is 14.0. The lowest BCUT2D eigenvalue weighted by Gasteiger charge is -2.23. The van der Waals surface area contributed by atoms with Crippen LogP contribution in [-0.2, 0) is 16.6 Å². The zero-order chi connectivity index (χ0) is 19.2. The van der Waals surface area contributed by atoms with Gasteiger partial charge in [-0.05, 0) is 30.5 Å². The number of nitrogens with zero attached hydrogens (tertiary/aromatic N) is 1. The first-order chi connectivity index (χ1) is 12.1. The van der Waals surface area contributed by atoms with Crippen LogP contribution in [0.3, 0.4) is 0 Å². The normalized spacial score (nSPS) is 14.9. The summed E-state index contributed by atoms with van der Waals surface area (Å²) in [5.74, 6) is -11.7. The Bertz CT molecular complexity index is 933. The van der Waals surface area contributed by atoms with Gasteiger partial charge in [-0.25, -0.2) is 30.4 Å². The van der Waals surface area contributed by atoms with Crippen LogP contribution in [0.4, 0.5) is 22.0 Å². The van der Waals surface area contributed by atoms with Crippen molar-refractivity contribution in [3.63, 3.8) is 0 Å². The molecular weight excluding hydrogens is 445 g/mol. The third-order valence-electron chi connectivity index (χ3n) is 3.94. The topological polar surface area (TPSA) is 37.4 Å². The van der Waals surface area contributed by atoms with Crippen LogP contribution in [0.15, 0.2) is 33.6 Å². The second-order valence-electron chi connectivity index (χ2n) is 5.81. The number of sulfonamides is 1. The van der Waals surface area contributed by atoms with Gasteiger partial charge in [0.2, 0.25) is 15.8 Å². The average molecular weight is 456 g/mol. The molecule has 0 bridgehead atoms. The van der Waals surface area contributed by atoms with E-state index in [0.29, 0.717) is 18.4 Å². The molecule has 1 aliphatic rings. The molecule has 0 spiro atoms. The fourth-order valence-electron chi connectivity index (χ4n) is 2.47. The number of benzene rings is 2. The van der Waals surface area contributed by atoms with Gasteiger partial charge >= 0.3 is 0 Å². The first-order valence-corrected chi connectivity index (χ1v) is 9.65. The first-order valence-electron chi connectivity index (χ1n) is 7.42. The van der Waals surface area contributed by atoms with Crippen molar-refractivity contribution in [3.8, 4) is 0 Å². The summed E-state index contributed by atoms with van der Waals surface area (Å²) < 4.78 is 95.0. The molecule has 3 rings (SSSR count). The van der Waals surface area contributed by atoms with Gasteiger partial charge in [0, 0.05) is 17.1 Å². The molecule has 2 aromatic rings. The standard InChI is InChI=1S/C16H11BrF5NO2S/c17-9-3-1-8(2-4-9)7-23(10-5-6-10)26(24,25)16-14(21)12(19)11(18)13(20)15(16)22/h1-4,10H,5-7H2. The summed E-state index contributed by atoms with van der Waals surface area (Å²) in [7, 11) is -4.94. The minimum atomic E-state index is -4.94. The van der Waals surface area contributed by atoms with Crippen LogP contribution >= 0.6 is 15.9 Å². The Kier molecular flexibility index (Phi) is 5.11. The van der Waals surface area contributed by atoms with Crippen LogP contribution in [-0.4, -0.2) is 18.8 Å². The quantitative estimate of drug-likeness (QED) is 0.378. The van der Waals surface area contributed by atoms with Gasteiger partial charge in [0.1, 0.15) is 0 Å². The van der Waals surface area contributed by atoms with Crippen molar-refractivity contribution in [1.29, 1.82) is 0 Å². The number of hydrogen-bond donors (Lipinski definition) is 0. The third-order valence-corrected chi connectivity index (χ3v) is 6.39. The predicted octanol–water partition coefficient (Wildman–Crippen LogP) is 4.50. The van der Waals surface area contributed by atoms with Gasteiger partial charge in [0.25, 0.3) is 0 Å². The second-order valence-corrected chi connectivity index (χ2v) is 8.55. The zero-order valence-electron chi connectivity index (χ0n) is 12.9. The van der Waals surface area contributed by atoms with Gasteiger partial charge < -0.3 is 0 Å². The summed E-state index contributed by atoms with van der Waals surface area (Å²) in [5.41, 5.74) is 0.507. The summed E-state index contributed by atoms with van der Waals surface area (Å²) in [5, 5.41) is 0. The van der Waals surface area contributed by atoms with Gasteiger partial charge in [-0.2, -0.15) is 4.31 Å². The van der Waals surface area contributed by atoms with Crippen LogP contribution in [0, 0.1) is 29.1 Å². The fraction of sp³-hybridized carbons (Fsp3) is 0.250. The van der Waals surface area contributed by atoms with E-state index < -0.39 is 50.0 Å². The van der Waals surface area contributed by atoms with E-state index in [0.717, 1.165) is 8.78 Å². The maximum Gasteiger partial charge on any atom is 0.249 e. The van der Waals surface area contributed by atoms with Gasteiger partial charge in [-0.15, -0.1) is 0 Å². The highest BCUT2D eigenvalue weighted by molar-refractivity contribution is 9.10. The molecule has 0 unspecified atom stereocenters. The largest absolute Gasteiger partial charge is 0.249 e. The van der Waals surface area contributed by atoms with E-state index in [1.165, 1.54) is 0 Å². The van der Waals surface area contributed by atoms with Gasteiger partial charge in [0.05, 0.1) is 0 Å². The minimum Gasteiger partial charge on any atom is -0.207 e. The van der Waals surface area contributed by atoms with Crippen molar-refractivity contribution in [2.75, 3.05) is 0 Å². The Morgan fingerprint density at radius 2 is 1.35 bits per heavy atom. The van der Waals surface area contributed by atoms with E-state index in [-0.39, 0.29) is 6.54 Å². The fourth-order valence-corrected chi connectivity index (χ4v) is 4.52. The highest BCUT2D eigenvalue weighted by atomic mass is 79.9. The molecule has 0 saturated heterocycles. The summed E-state index contributed by atoms with van der Waals surface area (Å²) in [4.78, 5) is -1.82. The number of rotatable bonds is 5. The van der Waals surface area contributed by atoms with E-state index in [1.54, 1.807) is 24.3 Å². The Morgan fingerprint density at radius 1 is 0.885 bits per heavy atom. The molecular formula is C16H11BrF5NO2S. The molecule has 1 saturated carbocycles. The van der Waals surface area contributed by atoms with E-state index in [9.17, 15) is 30.4 Å². The molecule has 0 N–H and O–H groups in total. The maximum atomic E-state index is 14.0. The van der Waals surface area contributed by atoms with Gasteiger partial charge in [-0.1, -0.05) is 28.1 Å². The SMILES string of the molecule is O=S(=O)(c1c(F)c(F)c(F)c(F)c1F)N(Cc1ccc(Br)cc1)C1CC1. The smallest absolute Gasteiger partial charge is 0.207 e. The number of hydrogen-bond acceptors (Lipinski definition) is 2. The molecule has 3 nitrogen and oxygen atoms in total.